The first-order valence-electron chi connectivity index (χ1n) is 5.46. The highest BCUT2D eigenvalue weighted by Crippen LogP contribution is 2.32. The van der Waals surface area contributed by atoms with Crippen LogP contribution in [0.3, 0.4) is 0 Å². The molecule has 1 heteroatoms. The van der Waals surface area contributed by atoms with Crippen LogP contribution in [-0.4, -0.2) is 11.2 Å². The largest absolute Gasteiger partial charge is 0.393 e. The van der Waals surface area contributed by atoms with Gasteiger partial charge in [0.05, 0.1) is 6.10 Å². The summed E-state index contributed by atoms with van der Waals surface area (Å²) < 4.78 is 0. The number of aliphatic hydroxyl groups is 1. The van der Waals surface area contributed by atoms with E-state index in [9.17, 15) is 5.11 Å². The van der Waals surface area contributed by atoms with Crippen LogP contribution in [0.25, 0.3) is 0 Å². The van der Waals surface area contributed by atoms with Gasteiger partial charge in [0.1, 0.15) is 0 Å². The molecule has 2 atom stereocenters. The van der Waals surface area contributed by atoms with E-state index in [1.54, 1.807) is 0 Å². The van der Waals surface area contributed by atoms with Crippen molar-refractivity contribution in [1.82, 2.24) is 0 Å². The van der Waals surface area contributed by atoms with Gasteiger partial charge in [-0.1, -0.05) is 33.1 Å². The summed E-state index contributed by atoms with van der Waals surface area (Å²) in [6, 6.07) is 0. The molecule has 0 aromatic carbocycles. The minimum atomic E-state index is 0.0191. The standard InChI is InChI=1S/C11H22O/c1-3-9(4-2)8-10-6-5-7-11(10)12/h9-12H,3-8H2,1-2H3/t10-,11+/m0/s1. The highest BCUT2D eigenvalue weighted by atomic mass is 16.3. The number of rotatable bonds is 4. The monoisotopic (exact) mass is 170 g/mol. The summed E-state index contributed by atoms with van der Waals surface area (Å²) in [6.07, 6.45) is 7.38. The molecule has 0 radical (unpaired) electrons. The lowest BCUT2D eigenvalue weighted by atomic mass is 9.89. The molecule has 0 bridgehead atoms. The van der Waals surface area contributed by atoms with Crippen molar-refractivity contribution in [3.8, 4) is 0 Å². The molecule has 0 aromatic rings. The lowest BCUT2D eigenvalue weighted by Crippen LogP contribution is -2.16. The lowest BCUT2D eigenvalue weighted by Gasteiger charge is -2.20. The van der Waals surface area contributed by atoms with Crippen molar-refractivity contribution in [3.05, 3.63) is 0 Å². The molecule has 1 aliphatic rings. The van der Waals surface area contributed by atoms with Crippen LogP contribution in [0.4, 0.5) is 0 Å². The van der Waals surface area contributed by atoms with Crippen molar-refractivity contribution < 1.29 is 5.11 Å². The van der Waals surface area contributed by atoms with Crippen LogP contribution in [0.1, 0.15) is 52.4 Å². The first kappa shape index (κ1) is 10.0. The van der Waals surface area contributed by atoms with Crippen LogP contribution >= 0.6 is 0 Å². The van der Waals surface area contributed by atoms with Gasteiger partial charge in [-0.15, -0.1) is 0 Å². The Bertz CT molecular complexity index is 118. The van der Waals surface area contributed by atoms with Crippen molar-refractivity contribution >= 4 is 0 Å². The fraction of sp³-hybridized carbons (Fsp3) is 1.00. The lowest BCUT2D eigenvalue weighted by molar-refractivity contribution is 0.116. The molecule has 0 unspecified atom stereocenters. The second-order valence-corrected chi connectivity index (χ2v) is 4.18. The van der Waals surface area contributed by atoms with E-state index in [1.807, 2.05) is 0 Å². The Morgan fingerprint density at radius 3 is 2.33 bits per heavy atom. The van der Waals surface area contributed by atoms with E-state index >= 15 is 0 Å². The second-order valence-electron chi connectivity index (χ2n) is 4.18. The summed E-state index contributed by atoms with van der Waals surface area (Å²) in [7, 11) is 0. The van der Waals surface area contributed by atoms with Crippen LogP contribution in [-0.2, 0) is 0 Å². The molecule has 0 heterocycles. The van der Waals surface area contributed by atoms with Gasteiger partial charge in [0.15, 0.2) is 0 Å². The van der Waals surface area contributed by atoms with Gasteiger partial charge in [0, 0.05) is 0 Å². The van der Waals surface area contributed by atoms with Gasteiger partial charge in [-0.05, 0) is 31.1 Å². The summed E-state index contributed by atoms with van der Waals surface area (Å²) in [5.41, 5.74) is 0. The Labute approximate surface area is 76.2 Å². The molecule has 0 saturated heterocycles. The SMILES string of the molecule is CCC(CC)C[C@@H]1CCC[C@H]1O. The maximum absolute atomic E-state index is 9.63. The molecule has 1 aliphatic carbocycles. The quantitative estimate of drug-likeness (QED) is 0.687. The molecule has 72 valence electrons. The molecule has 1 rings (SSSR count). The molecule has 12 heavy (non-hydrogen) atoms. The zero-order chi connectivity index (χ0) is 8.97. The fourth-order valence-electron chi connectivity index (χ4n) is 2.34. The first-order valence-corrected chi connectivity index (χ1v) is 5.46. The molecule has 1 nitrogen and oxygen atoms in total. The summed E-state index contributed by atoms with van der Waals surface area (Å²) >= 11 is 0. The predicted molar refractivity (Wildman–Crippen MR) is 52.0 cm³/mol. The van der Waals surface area contributed by atoms with Gasteiger partial charge in [-0.3, -0.25) is 0 Å². The molecule has 1 saturated carbocycles. The third-order valence-corrected chi connectivity index (χ3v) is 3.41. The molecular weight excluding hydrogens is 148 g/mol. The maximum Gasteiger partial charge on any atom is 0.0568 e. The zero-order valence-corrected chi connectivity index (χ0v) is 8.42. The van der Waals surface area contributed by atoms with E-state index in [4.69, 9.17) is 0 Å². The van der Waals surface area contributed by atoms with E-state index in [-0.39, 0.29) is 6.10 Å². The molecule has 0 aliphatic heterocycles. The van der Waals surface area contributed by atoms with Gasteiger partial charge in [-0.25, -0.2) is 0 Å². The van der Waals surface area contributed by atoms with Crippen LogP contribution in [0.2, 0.25) is 0 Å². The summed E-state index contributed by atoms with van der Waals surface area (Å²) in [5.74, 6) is 1.47. The van der Waals surface area contributed by atoms with Crippen LogP contribution in [0.5, 0.6) is 0 Å². The minimum absolute atomic E-state index is 0.0191. The average molecular weight is 170 g/mol. The number of aliphatic hydroxyl groups excluding tert-OH is 1. The zero-order valence-electron chi connectivity index (χ0n) is 8.42. The number of hydrogen-bond acceptors (Lipinski definition) is 1. The molecular formula is C11H22O. The van der Waals surface area contributed by atoms with Crippen molar-refractivity contribution in [1.29, 1.82) is 0 Å². The van der Waals surface area contributed by atoms with E-state index in [0.29, 0.717) is 5.92 Å². The molecule has 0 amide bonds. The summed E-state index contributed by atoms with van der Waals surface area (Å²) in [5, 5.41) is 9.63. The Balaban J connectivity index is 2.28. The van der Waals surface area contributed by atoms with Gasteiger partial charge in [-0.2, -0.15) is 0 Å². The third kappa shape index (κ3) is 2.48. The van der Waals surface area contributed by atoms with Crippen molar-refractivity contribution in [3.63, 3.8) is 0 Å². The molecule has 0 aromatic heterocycles. The molecule has 1 N–H and O–H groups in total. The van der Waals surface area contributed by atoms with E-state index in [2.05, 4.69) is 13.8 Å². The number of hydrogen-bond donors (Lipinski definition) is 1. The highest BCUT2D eigenvalue weighted by molar-refractivity contribution is 4.78. The average Bonchev–Trinajstić information content (AvgIpc) is 2.47. The summed E-state index contributed by atoms with van der Waals surface area (Å²) in [6.45, 7) is 4.52. The Morgan fingerprint density at radius 2 is 1.92 bits per heavy atom. The normalized spacial score (nSPS) is 30.0. The van der Waals surface area contributed by atoms with Gasteiger partial charge in [0.2, 0.25) is 0 Å². The topological polar surface area (TPSA) is 20.2 Å². The van der Waals surface area contributed by atoms with E-state index in [1.165, 1.54) is 32.1 Å². The van der Waals surface area contributed by atoms with Gasteiger partial charge >= 0.3 is 0 Å². The van der Waals surface area contributed by atoms with Gasteiger partial charge < -0.3 is 5.11 Å². The fourth-order valence-corrected chi connectivity index (χ4v) is 2.34. The van der Waals surface area contributed by atoms with Crippen LogP contribution in [0, 0.1) is 11.8 Å². The highest BCUT2D eigenvalue weighted by Gasteiger charge is 2.26. The Morgan fingerprint density at radius 1 is 1.25 bits per heavy atom. The van der Waals surface area contributed by atoms with Crippen LogP contribution < -0.4 is 0 Å². The Hall–Kier alpha value is -0.0400. The predicted octanol–water partition coefficient (Wildman–Crippen LogP) is 2.97. The maximum atomic E-state index is 9.63. The minimum Gasteiger partial charge on any atom is -0.393 e. The molecule has 0 spiro atoms. The van der Waals surface area contributed by atoms with Crippen molar-refractivity contribution in [2.45, 2.75) is 58.5 Å². The van der Waals surface area contributed by atoms with Crippen molar-refractivity contribution in [2.24, 2.45) is 11.8 Å². The third-order valence-electron chi connectivity index (χ3n) is 3.41. The van der Waals surface area contributed by atoms with Crippen molar-refractivity contribution in [2.75, 3.05) is 0 Å². The summed E-state index contributed by atoms with van der Waals surface area (Å²) in [4.78, 5) is 0. The van der Waals surface area contributed by atoms with Crippen LogP contribution in [0.15, 0.2) is 0 Å². The first-order chi connectivity index (χ1) is 5.77. The molecule has 1 fully saturated rings. The Kier molecular flexibility index (Phi) is 4.07. The second kappa shape index (κ2) is 4.86. The van der Waals surface area contributed by atoms with Gasteiger partial charge in [0.25, 0.3) is 0 Å². The van der Waals surface area contributed by atoms with E-state index < -0.39 is 0 Å². The smallest absolute Gasteiger partial charge is 0.0568 e. The van der Waals surface area contributed by atoms with E-state index in [0.717, 1.165) is 12.3 Å².